The number of methoxy groups -OCH3 is 1. The molecule has 1 unspecified atom stereocenters. The molecular weight excluding hydrogens is 490 g/mol. The maximum absolute atomic E-state index is 13.1. The highest BCUT2D eigenvalue weighted by atomic mass is 32.2. The molecule has 4 rings (SSSR count). The van der Waals surface area contributed by atoms with Gasteiger partial charge in [-0.05, 0) is 55.2 Å². The molecule has 1 atom stereocenters. The van der Waals surface area contributed by atoms with Crippen LogP contribution in [0.2, 0.25) is 0 Å². The molecule has 0 bridgehead atoms. The van der Waals surface area contributed by atoms with Crippen molar-refractivity contribution in [2.75, 3.05) is 51.3 Å². The maximum Gasteiger partial charge on any atom is 0.243 e. The van der Waals surface area contributed by atoms with Gasteiger partial charge in [-0.25, -0.2) is 21.6 Å². The molecule has 0 radical (unpaired) electrons. The van der Waals surface area contributed by atoms with Gasteiger partial charge in [0.1, 0.15) is 5.75 Å². The van der Waals surface area contributed by atoms with Gasteiger partial charge < -0.3 is 14.4 Å². The lowest BCUT2D eigenvalue weighted by Crippen LogP contribution is -2.48. The Balaban J connectivity index is 1.47. The van der Waals surface area contributed by atoms with E-state index >= 15 is 0 Å². The van der Waals surface area contributed by atoms with Gasteiger partial charge >= 0.3 is 0 Å². The summed E-state index contributed by atoms with van der Waals surface area (Å²) in [6, 6.07) is 11.7. The average Bonchev–Trinajstić information content (AvgIpc) is 3.41. The van der Waals surface area contributed by atoms with E-state index < -0.39 is 20.0 Å². The molecule has 0 spiro atoms. The SMILES string of the molecule is CCc1ccc(S(=O)(=O)N2CCN(c3cc(S(=O)(=O)NCC4CCCO4)ccc3OC)CC2)cc1. The molecule has 1 N–H and O–H groups in total. The summed E-state index contributed by atoms with van der Waals surface area (Å²) in [6.07, 6.45) is 2.52. The van der Waals surface area contributed by atoms with Gasteiger partial charge in [-0.3, -0.25) is 0 Å². The van der Waals surface area contributed by atoms with Crippen LogP contribution in [0.5, 0.6) is 5.75 Å². The average molecular weight is 524 g/mol. The Kier molecular flexibility index (Phi) is 8.02. The lowest BCUT2D eigenvalue weighted by molar-refractivity contribution is 0.114. The van der Waals surface area contributed by atoms with Crippen molar-refractivity contribution >= 4 is 25.7 Å². The van der Waals surface area contributed by atoms with Crippen LogP contribution in [0.25, 0.3) is 0 Å². The van der Waals surface area contributed by atoms with Gasteiger partial charge in [0.25, 0.3) is 0 Å². The molecule has 0 aromatic heterocycles. The van der Waals surface area contributed by atoms with Crippen LogP contribution in [-0.2, 0) is 31.2 Å². The van der Waals surface area contributed by atoms with Crippen molar-refractivity contribution in [3.8, 4) is 5.75 Å². The molecule has 2 aliphatic heterocycles. The number of sulfonamides is 2. The van der Waals surface area contributed by atoms with Crippen LogP contribution in [0.3, 0.4) is 0 Å². The van der Waals surface area contributed by atoms with Crippen LogP contribution in [0.1, 0.15) is 25.3 Å². The normalized spacial score (nSPS) is 19.7. The van der Waals surface area contributed by atoms with Crippen molar-refractivity contribution in [1.29, 1.82) is 0 Å². The van der Waals surface area contributed by atoms with Crippen molar-refractivity contribution < 1.29 is 26.3 Å². The van der Waals surface area contributed by atoms with E-state index in [1.54, 1.807) is 24.3 Å². The summed E-state index contributed by atoms with van der Waals surface area (Å²) in [5.74, 6) is 0.537. The minimum atomic E-state index is -3.73. The number of nitrogens with zero attached hydrogens (tertiary/aromatic N) is 2. The molecule has 35 heavy (non-hydrogen) atoms. The summed E-state index contributed by atoms with van der Waals surface area (Å²) in [7, 11) is -5.79. The number of nitrogens with one attached hydrogen (secondary N) is 1. The third kappa shape index (κ3) is 5.80. The van der Waals surface area contributed by atoms with Crippen LogP contribution in [0, 0.1) is 0 Å². The monoisotopic (exact) mass is 523 g/mol. The molecule has 0 saturated carbocycles. The fraction of sp³-hybridized carbons (Fsp3) is 0.500. The first-order valence-electron chi connectivity index (χ1n) is 11.9. The summed E-state index contributed by atoms with van der Waals surface area (Å²) in [5.41, 5.74) is 1.71. The van der Waals surface area contributed by atoms with E-state index in [2.05, 4.69) is 4.72 Å². The van der Waals surface area contributed by atoms with Crippen molar-refractivity contribution in [3.05, 3.63) is 48.0 Å². The van der Waals surface area contributed by atoms with E-state index in [9.17, 15) is 16.8 Å². The Labute approximate surface area is 208 Å². The molecule has 11 heteroatoms. The Morgan fingerprint density at radius 1 is 1.00 bits per heavy atom. The molecule has 2 aliphatic rings. The van der Waals surface area contributed by atoms with Crippen molar-refractivity contribution in [1.82, 2.24) is 9.03 Å². The zero-order valence-electron chi connectivity index (χ0n) is 20.1. The zero-order chi connectivity index (χ0) is 25.1. The standard InChI is InChI=1S/C24H33N3O6S2/c1-3-19-6-8-21(9-7-19)35(30,31)27-14-12-26(13-15-27)23-17-22(10-11-24(23)32-2)34(28,29)25-18-20-5-4-16-33-20/h6-11,17,20,25H,3-5,12-16,18H2,1-2H3. The third-order valence-corrected chi connectivity index (χ3v) is 9.87. The largest absolute Gasteiger partial charge is 0.495 e. The molecule has 0 amide bonds. The van der Waals surface area contributed by atoms with Crippen LogP contribution >= 0.6 is 0 Å². The van der Waals surface area contributed by atoms with Gasteiger partial charge in [0.2, 0.25) is 20.0 Å². The molecular formula is C24H33N3O6S2. The van der Waals surface area contributed by atoms with Gasteiger partial charge in [0, 0.05) is 39.3 Å². The lowest BCUT2D eigenvalue weighted by Gasteiger charge is -2.36. The second-order valence-electron chi connectivity index (χ2n) is 8.71. The Bertz CT molecular complexity index is 1220. The molecule has 2 heterocycles. The Hall–Kier alpha value is -2.18. The quantitative estimate of drug-likeness (QED) is 0.537. The minimum absolute atomic E-state index is 0.101. The maximum atomic E-state index is 13.1. The lowest BCUT2D eigenvalue weighted by atomic mass is 10.2. The summed E-state index contributed by atoms with van der Waals surface area (Å²) in [4.78, 5) is 2.38. The van der Waals surface area contributed by atoms with Crippen molar-refractivity contribution in [3.63, 3.8) is 0 Å². The van der Waals surface area contributed by atoms with E-state index in [1.165, 1.54) is 17.5 Å². The molecule has 2 aromatic carbocycles. The molecule has 2 aromatic rings. The van der Waals surface area contributed by atoms with E-state index in [4.69, 9.17) is 9.47 Å². The number of ether oxygens (including phenoxy) is 2. The predicted molar refractivity (Wildman–Crippen MR) is 134 cm³/mol. The zero-order valence-corrected chi connectivity index (χ0v) is 21.8. The molecule has 2 fully saturated rings. The van der Waals surface area contributed by atoms with E-state index in [-0.39, 0.29) is 35.5 Å². The number of piperazine rings is 1. The molecule has 0 aliphatic carbocycles. The fourth-order valence-electron chi connectivity index (χ4n) is 4.39. The minimum Gasteiger partial charge on any atom is -0.495 e. The molecule has 9 nitrogen and oxygen atoms in total. The van der Waals surface area contributed by atoms with E-state index in [0.29, 0.717) is 31.1 Å². The number of hydrogen-bond acceptors (Lipinski definition) is 7. The van der Waals surface area contributed by atoms with Crippen molar-refractivity contribution in [2.45, 2.75) is 42.1 Å². The third-order valence-electron chi connectivity index (χ3n) is 6.53. The fourth-order valence-corrected chi connectivity index (χ4v) is 6.90. The number of benzene rings is 2. The smallest absolute Gasteiger partial charge is 0.243 e. The highest BCUT2D eigenvalue weighted by molar-refractivity contribution is 7.89. The second-order valence-corrected chi connectivity index (χ2v) is 12.4. The number of rotatable bonds is 9. The van der Waals surface area contributed by atoms with Crippen LogP contribution < -0.4 is 14.4 Å². The molecule has 2 saturated heterocycles. The van der Waals surface area contributed by atoms with Crippen LogP contribution in [-0.4, -0.2) is 73.7 Å². The highest BCUT2D eigenvalue weighted by Gasteiger charge is 2.30. The number of hydrogen-bond donors (Lipinski definition) is 1. The summed E-state index contributed by atoms with van der Waals surface area (Å²) < 4.78 is 67.1. The van der Waals surface area contributed by atoms with Crippen molar-refractivity contribution in [2.24, 2.45) is 0 Å². The second kappa shape index (κ2) is 10.8. The van der Waals surface area contributed by atoms with Gasteiger partial charge in [0.05, 0.1) is 28.7 Å². The van der Waals surface area contributed by atoms with Crippen LogP contribution in [0.15, 0.2) is 52.3 Å². The summed E-state index contributed by atoms with van der Waals surface area (Å²) in [6.45, 7) is 4.32. The van der Waals surface area contributed by atoms with E-state index in [1.807, 2.05) is 24.0 Å². The first-order valence-corrected chi connectivity index (χ1v) is 14.8. The summed E-state index contributed by atoms with van der Waals surface area (Å²) >= 11 is 0. The van der Waals surface area contributed by atoms with E-state index in [0.717, 1.165) is 24.8 Å². The van der Waals surface area contributed by atoms with Gasteiger partial charge in [-0.2, -0.15) is 4.31 Å². The number of aryl methyl sites for hydroxylation is 1. The first-order chi connectivity index (χ1) is 16.7. The van der Waals surface area contributed by atoms with Gasteiger partial charge in [-0.15, -0.1) is 0 Å². The number of anilines is 1. The van der Waals surface area contributed by atoms with Crippen LogP contribution in [0.4, 0.5) is 5.69 Å². The first kappa shape index (κ1) is 25.9. The topological polar surface area (TPSA) is 105 Å². The predicted octanol–water partition coefficient (Wildman–Crippen LogP) is 2.23. The molecule has 192 valence electrons. The Morgan fingerprint density at radius 3 is 2.29 bits per heavy atom. The Morgan fingerprint density at radius 2 is 1.69 bits per heavy atom. The van der Waals surface area contributed by atoms with Gasteiger partial charge in [0.15, 0.2) is 0 Å². The highest BCUT2D eigenvalue weighted by Crippen LogP contribution is 2.32. The van der Waals surface area contributed by atoms with Gasteiger partial charge in [-0.1, -0.05) is 19.1 Å². The summed E-state index contributed by atoms with van der Waals surface area (Å²) in [5, 5.41) is 0.